The summed E-state index contributed by atoms with van der Waals surface area (Å²) in [6.07, 6.45) is 6.55. The summed E-state index contributed by atoms with van der Waals surface area (Å²) in [6.45, 7) is 2.91. The van der Waals surface area contributed by atoms with E-state index in [0.29, 0.717) is 11.6 Å². The van der Waals surface area contributed by atoms with E-state index >= 15 is 0 Å². The van der Waals surface area contributed by atoms with Crippen molar-refractivity contribution in [1.82, 2.24) is 10.3 Å². The lowest BCUT2D eigenvalue weighted by Crippen LogP contribution is -2.41. The van der Waals surface area contributed by atoms with Gasteiger partial charge in [-0.05, 0) is 74.2 Å². The van der Waals surface area contributed by atoms with E-state index in [1.807, 2.05) is 30.3 Å². The fourth-order valence-electron chi connectivity index (χ4n) is 4.67. The van der Waals surface area contributed by atoms with E-state index in [-0.39, 0.29) is 18.2 Å². The Morgan fingerprint density at radius 2 is 1.84 bits per heavy atom. The van der Waals surface area contributed by atoms with Crippen LogP contribution in [0, 0.1) is 12.8 Å². The van der Waals surface area contributed by atoms with E-state index < -0.39 is 6.04 Å². The second kappa shape index (κ2) is 8.52. The highest BCUT2D eigenvalue weighted by Crippen LogP contribution is 2.32. The number of carbonyl (C=O) groups excluding carboxylic acids is 2. The van der Waals surface area contributed by atoms with Gasteiger partial charge >= 0.3 is 0 Å². The second-order valence-corrected chi connectivity index (χ2v) is 9.80. The zero-order chi connectivity index (χ0) is 21.4. The molecular weight excluding hydrogens is 406 g/mol. The van der Waals surface area contributed by atoms with Crippen LogP contribution in [0.25, 0.3) is 20.8 Å². The van der Waals surface area contributed by atoms with E-state index in [2.05, 4.69) is 24.4 Å². The number of aromatic nitrogens is 1. The average Bonchev–Trinajstić information content (AvgIpc) is 3.33. The topological polar surface area (TPSA) is 62.3 Å². The van der Waals surface area contributed by atoms with Crippen molar-refractivity contribution in [3.63, 3.8) is 0 Å². The predicted octanol–water partition coefficient (Wildman–Crippen LogP) is 5.07. The summed E-state index contributed by atoms with van der Waals surface area (Å²) in [6, 6.07) is 13.5. The number of carbonyl (C=O) groups is 2. The number of anilines is 1. The summed E-state index contributed by atoms with van der Waals surface area (Å²) in [5.74, 6) is 0.362. The van der Waals surface area contributed by atoms with Gasteiger partial charge in [0, 0.05) is 5.56 Å². The minimum atomic E-state index is -0.401. The molecule has 31 heavy (non-hydrogen) atoms. The first-order valence-electron chi connectivity index (χ1n) is 11.2. The summed E-state index contributed by atoms with van der Waals surface area (Å²) in [7, 11) is 0. The Morgan fingerprint density at radius 1 is 1.06 bits per heavy atom. The molecule has 1 aromatic heterocycles. The van der Waals surface area contributed by atoms with Crippen molar-refractivity contribution in [1.29, 1.82) is 0 Å². The molecule has 1 saturated heterocycles. The fraction of sp³-hybridized carbons (Fsp3) is 0.400. The molecule has 2 aromatic carbocycles. The van der Waals surface area contributed by atoms with E-state index in [0.717, 1.165) is 27.3 Å². The summed E-state index contributed by atoms with van der Waals surface area (Å²) in [5.41, 5.74) is 3.84. The third kappa shape index (κ3) is 4.14. The Balaban J connectivity index is 1.29. The molecule has 1 aliphatic heterocycles. The number of hydrogen-bond acceptors (Lipinski definition) is 5. The number of thiazole rings is 1. The molecule has 0 unspecified atom stereocenters. The zero-order valence-electron chi connectivity index (χ0n) is 17.8. The van der Waals surface area contributed by atoms with Crippen molar-refractivity contribution in [3.05, 3.63) is 48.0 Å². The van der Waals surface area contributed by atoms with Gasteiger partial charge in [0.05, 0.1) is 28.4 Å². The molecule has 2 fully saturated rings. The molecule has 160 valence electrons. The zero-order valence-corrected chi connectivity index (χ0v) is 18.6. The Kier molecular flexibility index (Phi) is 5.59. The van der Waals surface area contributed by atoms with Crippen molar-refractivity contribution < 1.29 is 9.59 Å². The summed E-state index contributed by atoms with van der Waals surface area (Å²) in [4.78, 5) is 31.6. The number of rotatable bonds is 5. The smallest absolute Gasteiger partial charge is 0.251 e. The predicted molar refractivity (Wildman–Crippen MR) is 125 cm³/mol. The molecule has 0 radical (unpaired) electrons. The van der Waals surface area contributed by atoms with Crippen LogP contribution >= 0.6 is 11.3 Å². The summed E-state index contributed by atoms with van der Waals surface area (Å²) >= 11 is 1.66. The van der Waals surface area contributed by atoms with Crippen molar-refractivity contribution >= 4 is 39.1 Å². The van der Waals surface area contributed by atoms with E-state index in [9.17, 15) is 9.59 Å². The van der Waals surface area contributed by atoms with Crippen LogP contribution in [0.2, 0.25) is 0 Å². The van der Waals surface area contributed by atoms with Crippen molar-refractivity contribution in [2.45, 2.75) is 51.5 Å². The Hall–Kier alpha value is -2.57. The molecule has 1 saturated carbocycles. The van der Waals surface area contributed by atoms with Crippen LogP contribution in [0.1, 0.15) is 44.1 Å². The molecule has 5 rings (SSSR count). The largest absolute Gasteiger partial charge is 0.305 e. The highest BCUT2D eigenvalue weighted by Gasteiger charge is 2.39. The van der Waals surface area contributed by atoms with Crippen LogP contribution in [0.3, 0.4) is 0 Å². The first-order chi connectivity index (χ1) is 15.1. The van der Waals surface area contributed by atoms with Gasteiger partial charge in [0.2, 0.25) is 5.91 Å². The Labute approximate surface area is 186 Å². The van der Waals surface area contributed by atoms with Crippen LogP contribution in [-0.4, -0.2) is 29.4 Å². The Bertz CT molecular complexity index is 1120. The fourth-order valence-corrected chi connectivity index (χ4v) is 5.74. The number of aryl methyl sites for hydroxylation is 1. The van der Waals surface area contributed by atoms with Gasteiger partial charge in [-0.15, -0.1) is 11.3 Å². The lowest BCUT2D eigenvalue weighted by Gasteiger charge is -2.23. The molecule has 2 heterocycles. The van der Waals surface area contributed by atoms with E-state index in [1.54, 1.807) is 11.3 Å². The molecule has 1 N–H and O–H groups in total. The van der Waals surface area contributed by atoms with Crippen LogP contribution in [-0.2, 0) is 9.59 Å². The number of benzene rings is 2. The first-order valence-corrected chi connectivity index (χ1v) is 12.0. The monoisotopic (exact) mass is 433 g/mol. The molecule has 2 amide bonds. The average molecular weight is 434 g/mol. The van der Waals surface area contributed by atoms with Crippen LogP contribution in [0.15, 0.2) is 42.5 Å². The second-order valence-electron chi connectivity index (χ2n) is 8.77. The van der Waals surface area contributed by atoms with Crippen LogP contribution in [0.4, 0.5) is 5.69 Å². The number of nitrogens with one attached hydrogen (secondary N) is 1. The van der Waals surface area contributed by atoms with Gasteiger partial charge in [-0.2, -0.15) is 0 Å². The molecule has 3 aromatic rings. The molecule has 1 aliphatic carbocycles. The summed E-state index contributed by atoms with van der Waals surface area (Å²) in [5, 5.41) is 4.31. The SMILES string of the molecule is Cc1ccc2nc(-c3ccc(N4C(=O)C[C@@H](NCC5CCCCC5)C4=O)cc3)sc2c1. The van der Waals surface area contributed by atoms with Gasteiger partial charge in [-0.3, -0.25) is 9.59 Å². The molecule has 2 aliphatic rings. The number of nitrogens with zero attached hydrogens (tertiary/aromatic N) is 2. The number of hydrogen-bond donors (Lipinski definition) is 1. The number of amides is 2. The van der Waals surface area contributed by atoms with Gasteiger partial charge in [-0.25, -0.2) is 9.88 Å². The van der Waals surface area contributed by atoms with Crippen molar-refractivity contribution in [2.24, 2.45) is 5.92 Å². The highest BCUT2D eigenvalue weighted by molar-refractivity contribution is 7.21. The van der Waals surface area contributed by atoms with Crippen molar-refractivity contribution in [2.75, 3.05) is 11.4 Å². The van der Waals surface area contributed by atoms with Crippen molar-refractivity contribution in [3.8, 4) is 10.6 Å². The number of imide groups is 1. The minimum absolute atomic E-state index is 0.130. The lowest BCUT2D eigenvalue weighted by molar-refractivity contribution is -0.121. The van der Waals surface area contributed by atoms with Gasteiger partial charge < -0.3 is 5.32 Å². The molecular formula is C25H27N3O2S. The van der Waals surface area contributed by atoms with Gasteiger partial charge in [0.25, 0.3) is 5.91 Å². The lowest BCUT2D eigenvalue weighted by atomic mass is 9.89. The molecule has 5 nitrogen and oxygen atoms in total. The molecule has 0 spiro atoms. The maximum atomic E-state index is 12.9. The van der Waals surface area contributed by atoms with Gasteiger partial charge in [-0.1, -0.05) is 25.3 Å². The van der Waals surface area contributed by atoms with E-state index in [1.165, 1.54) is 42.6 Å². The quantitative estimate of drug-likeness (QED) is 0.571. The number of fused-ring (bicyclic) bond motifs is 1. The normalized spacial score (nSPS) is 20.2. The third-order valence-electron chi connectivity index (χ3n) is 6.44. The van der Waals surface area contributed by atoms with Crippen LogP contribution < -0.4 is 10.2 Å². The standard InChI is InChI=1S/C25H27N3O2S/c1-16-7-12-20-22(13-16)31-24(27-20)18-8-10-19(11-9-18)28-23(29)14-21(25(28)30)26-15-17-5-3-2-4-6-17/h7-13,17,21,26H,2-6,14-15H2,1H3/t21-/m1/s1. The minimum Gasteiger partial charge on any atom is -0.305 e. The first kappa shape index (κ1) is 20.3. The molecule has 1 atom stereocenters. The third-order valence-corrected chi connectivity index (χ3v) is 7.51. The maximum absolute atomic E-state index is 12.9. The Morgan fingerprint density at radius 3 is 2.61 bits per heavy atom. The highest BCUT2D eigenvalue weighted by atomic mass is 32.1. The van der Waals surface area contributed by atoms with Gasteiger partial charge in [0.1, 0.15) is 5.01 Å². The summed E-state index contributed by atoms with van der Waals surface area (Å²) < 4.78 is 1.16. The van der Waals surface area contributed by atoms with E-state index in [4.69, 9.17) is 4.98 Å². The molecule has 0 bridgehead atoms. The molecule has 6 heteroatoms. The van der Waals surface area contributed by atoms with Crippen LogP contribution in [0.5, 0.6) is 0 Å². The maximum Gasteiger partial charge on any atom is 0.251 e. The van der Waals surface area contributed by atoms with Gasteiger partial charge in [0.15, 0.2) is 0 Å².